The third kappa shape index (κ3) is 2.77. The van der Waals surface area contributed by atoms with Crippen LogP contribution in [0.1, 0.15) is 86.6 Å². The molecule has 7 atom stereocenters. The zero-order chi connectivity index (χ0) is 19.6. The Bertz CT molecular complexity index is 815. The molecule has 4 saturated carbocycles. The van der Waals surface area contributed by atoms with Crippen molar-refractivity contribution in [2.24, 2.45) is 35.5 Å². The average molecular weight is 391 g/mol. The van der Waals surface area contributed by atoms with Crippen LogP contribution in [0.25, 0.3) is 0 Å². The van der Waals surface area contributed by atoms with E-state index in [4.69, 9.17) is 4.74 Å². The van der Waals surface area contributed by atoms with Gasteiger partial charge >= 0.3 is 5.97 Å². The van der Waals surface area contributed by atoms with E-state index in [-0.39, 0.29) is 11.6 Å². The Hall–Kier alpha value is -1.57. The number of ether oxygens (including phenoxy) is 1. The molecule has 0 heterocycles. The predicted octanol–water partition coefficient (Wildman–Crippen LogP) is 6.52. The molecule has 0 spiro atoms. The van der Waals surface area contributed by atoms with Crippen LogP contribution >= 0.6 is 0 Å². The fourth-order valence-corrected chi connectivity index (χ4v) is 8.25. The van der Waals surface area contributed by atoms with Crippen LogP contribution in [-0.4, -0.2) is 11.6 Å². The number of esters is 1. The first-order valence-electron chi connectivity index (χ1n) is 12.2. The molecule has 1 aromatic carbocycles. The van der Waals surface area contributed by atoms with Gasteiger partial charge in [-0.25, -0.2) is 4.79 Å². The molecule has 1 aromatic rings. The number of benzene rings is 1. The lowest BCUT2D eigenvalue weighted by Crippen LogP contribution is -2.36. The van der Waals surface area contributed by atoms with Gasteiger partial charge in [0.1, 0.15) is 5.60 Å². The van der Waals surface area contributed by atoms with Crippen LogP contribution in [0.4, 0.5) is 0 Å². The normalized spacial score (nSPS) is 40.9. The zero-order valence-electron chi connectivity index (χ0n) is 17.7. The monoisotopic (exact) mass is 390 g/mol. The first-order valence-corrected chi connectivity index (χ1v) is 12.2. The van der Waals surface area contributed by atoms with Crippen LogP contribution in [0.5, 0.6) is 0 Å². The highest BCUT2D eigenvalue weighted by molar-refractivity contribution is 5.89. The number of fused-ring (bicyclic) bond motifs is 9. The van der Waals surface area contributed by atoms with Gasteiger partial charge < -0.3 is 4.74 Å². The summed E-state index contributed by atoms with van der Waals surface area (Å²) >= 11 is 0. The molecule has 0 N–H and O–H groups in total. The van der Waals surface area contributed by atoms with E-state index in [1.165, 1.54) is 44.1 Å². The van der Waals surface area contributed by atoms with Crippen molar-refractivity contribution in [3.63, 3.8) is 0 Å². The van der Waals surface area contributed by atoms with Crippen molar-refractivity contribution in [2.45, 2.75) is 76.2 Å². The van der Waals surface area contributed by atoms with E-state index in [1.807, 2.05) is 12.1 Å². The number of carbonyl (C=O) groups excluding carboxylic acids is 1. The minimum atomic E-state index is -0.219. The topological polar surface area (TPSA) is 26.3 Å². The number of hydrogen-bond donors (Lipinski definition) is 0. The second-order valence-electron chi connectivity index (χ2n) is 10.7. The van der Waals surface area contributed by atoms with Gasteiger partial charge in [0, 0.05) is 0 Å². The summed E-state index contributed by atoms with van der Waals surface area (Å²) in [5.41, 5.74) is 1.97. The lowest BCUT2D eigenvalue weighted by atomic mass is 9.68. The van der Waals surface area contributed by atoms with Gasteiger partial charge in [0.15, 0.2) is 0 Å². The SMILES string of the molecule is CCC1(OC(=O)c2ccc(C3CC4CC3C3C5C=CC(C5)C43)cc2)CCCCC1. The van der Waals surface area contributed by atoms with E-state index in [1.54, 1.807) is 0 Å². The summed E-state index contributed by atoms with van der Waals surface area (Å²) < 4.78 is 6.07. The number of carbonyl (C=O) groups is 1. The average Bonchev–Trinajstić information content (AvgIpc) is 3.54. The molecule has 29 heavy (non-hydrogen) atoms. The van der Waals surface area contributed by atoms with Crippen LogP contribution in [0.3, 0.4) is 0 Å². The molecule has 4 fully saturated rings. The van der Waals surface area contributed by atoms with Crippen molar-refractivity contribution in [3.05, 3.63) is 47.5 Å². The Morgan fingerprint density at radius 2 is 1.69 bits per heavy atom. The number of allylic oxidation sites excluding steroid dienone is 2. The molecule has 154 valence electrons. The molecule has 0 radical (unpaired) electrons. The third-order valence-electron chi connectivity index (χ3n) is 9.56. The molecule has 2 nitrogen and oxygen atoms in total. The van der Waals surface area contributed by atoms with Crippen molar-refractivity contribution >= 4 is 5.97 Å². The molecular formula is C27H34O2. The van der Waals surface area contributed by atoms with Crippen molar-refractivity contribution in [3.8, 4) is 0 Å². The molecule has 6 rings (SSSR count). The molecule has 0 aromatic heterocycles. The second kappa shape index (κ2) is 6.72. The summed E-state index contributed by atoms with van der Waals surface area (Å²) in [4.78, 5) is 12.8. The molecule has 4 bridgehead atoms. The Labute approximate surface area is 175 Å². The van der Waals surface area contributed by atoms with Crippen LogP contribution < -0.4 is 0 Å². The van der Waals surface area contributed by atoms with Crippen LogP contribution in [0.2, 0.25) is 0 Å². The molecule has 2 heteroatoms. The second-order valence-corrected chi connectivity index (χ2v) is 10.7. The summed E-state index contributed by atoms with van der Waals surface area (Å²) in [6.45, 7) is 2.16. The fourth-order valence-electron chi connectivity index (χ4n) is 8.25. The van der Waals surface area contributed by atoms with Gasteiger partial charge in [-0.05, 0) is 110 Å². The molecule has 0 saturated heterocycles. The van der Waals surface area contributed by atoms with E-state index in [0.29, 0.717) is 5.92 Å². The first kappa shape index (κ1) is 18.2. The van der Waals surface area contributed by atoms with Crippen LogP contribution in [0.15, 0.2) is 36.4 Å². The maximum atomic E-state index is 12.8. The van der Waals surface area contributed by atoms with Gasteiger partial charge in [-0.15, -0.1) is 0 Å². The number of rotatable bonds is 4. The summed E-state index contributed by atoms with van der Waals surface area (Å²) in [7, 11) is 0. The van der Waals surface area contributed by atoms with Crippen LogP contribution in [-0.2, 0) is 4.74 Å². The highest BCUT2D eigenvalue weighted by Crippen LogP contribution is 2.68. The lowest BCUT2D eigenvalue weighted by molar-refractivity contribution is -0.0397. The van der Waals surface area contributed by atoms with Crippen molar-refractivity contribution in [1.29, 1.82) is 0 Å². The molecule has 7 unspecified atom stereocenters. The highest BCUT2D eigenvalue weighted by atomic mass is 16.6. The largest absolute Gasteiger partial charge is 0.455 e. The van der Waals surface area contributed by atoms with Gasteiger partial charge in [0.2, 0.25) is 0 Å². The van der Waals surface area contributed by atoms with E-state index in [0.717, 1.165) is 60.3 Å². The van der Waals surface area contributed by atoms with Crippen molar-refractivity contribution in [2.75, 3.05) is 0 Å². The summed E-state index contributed by atoms with van der Waals surface area (Å²) in [5.74, 6) is 6.08. The minimum Gasteiger partial charge on any atom is -0.455 e. The Morgan fingerprint density at radius 3 is 2.41 bits per heavy atom. The summed E-state index contributed by atoms with van der Waals surface area (Å²) in [5, 5.41) is 0. The maximum absolute atomic E-state index is 12.8. The van der Waals surface area contributed by atoms with Gasteiger partial charge in [0.25, 0.3) is 0 Å². The van der Waals surface area contributed by atoms with E-state index in [9.17, 15) is 4.79 Å². The van der Waals surface area contributed by atoms with E-state index < -0.39 is 0 Å². The smallest absolute Gasteiger partial charge is 0.338 e. The Balaban J connectivity index is 1.16. The molecular weight excluding hydrogens is 356 g/mol. The van der Waals surface area contributed by atoms with Crippen molar-refractivity contribution in [1.82, 2.24) is 0 Å². The van der Waals surface area contributed by atoms with E-state index in [2.05, 4.69) is 31.2 Å². The minimum absolute atomic E-state index is 0.119. The standard InChI is InChI=1S/C27H34O2/c1-2-27(12-4-3-5-13-27)29-26(28)18-8-6-17(7-9-18)22-15-21-16-23(22)25-20-11-10-19(14-20)24(21)25/h6-11,19-25H,2-5,12-16H2,1H3. The predicted molar refractivity (Wildman–Crippen MR) is 115 cm³/mol. The third-order valence-corrected chi connectivity index (χ3v) is 9.56. The van der Waals surface area contributed by atoms with Gasteiger partial charge in [-0.1, -0.05) is 37.6 Å². The Kier molecular flexibility index (Phi) is 4.22. The molecule has 0 aliphatic heterocycles. The quantitative estimate of drug-likeness (QED) is 0.332. The maximum Gasteiger partial charge on any atom is 0.338 e. The molecule has 0 amide bonds. The zero-order valence-corrected chi connectivity index (χ0v) is 17.7. The summed E-state index contributed by atoms with van der Waals surface area (Å²) in [6.07, 6.45) is 15.9. The van der Waals surface area contributed by atoms with Crippen LogP contribution in [0, 0.1) is 35.5 Å². The first-order chi connectivity index (χ1) is 14.2. The Morgan fingerprint density at radius 1 is 0.966 bits per heavy atom. The van der Waals surface area contributed by atoms with Gasteiger partial charge in [-0.3, -0.25) is 0 Å². The van der Waals surface area contributed by atoms with Crippen molar-refractivity contribution < 1.29 is 9.53 Å². The summed E-state index contributed by atoms with van der Waals surface area (Å²) in [6, 6.07) is 8.54. The highest BCUT2D eigenvalue weighted by Gasteiger charge is 2.60. The number of hydrogen-bond acceptors (Lipinski definition) is 2. The molecule has 5 aliphatic carbocycles. The lowest BCUT2D eigenvalue weighted by Gasteiger charge is -2.37. The fraction of sp³-hybridized carbons (Fsp3) is 0.667. The molecule has 5 aliphatic rings. The van der Waals surface area contributed by atoms with Gasteiger partial charge in [-0.2, -0.15) is 0 Å². The van der Waals surface area contributed by atoms with Gasteiger partial charge in [0.05, 0.1) is 5.56 Å². The van der Waals surface area contributed by atoms with E-state index >= 15 is 0 Å².